The van der Waals surface area contributed by atoms with Crippen LogP contribution in [-0.4, -0.2) is 36.9 Å². The van der Waals surface area contributed by atoms with E-state index in [1.807, 2.05) is 0 Å². The van der Waals surface area contributed by atoms with Crippen LogP contribution in [0.4, 0.5) is 4.39 Å². The van der Waals surface area contributed by atoms with Crippen LogP contribution < -0.4 is 16.6 Å². The average Bonchev–Trinajstić information content (AvgIpc) is 3.20. The van der Waals surface area contributed by atoms with E-state index in [2.05, 4.69) is 34.4 Å². The summed E-state index contributed by atoms with van der Waals surface area (Å²) >= 11 is 0. The van der Waals surface area contributed by atoms with E-state index in [0.717, 1.165) is 15.7 Å². The Labute approximate surface area is 176 Å². The van der Waals surface area contributed by atoms with E-state index in [0.29, 0.717) is 12.5 Å². The van der Waals surface area contributed by atoms with Gasteiger partial charge in [0.1, 0.15) is 5.82 Å². The fourth-order valence-corrected chi connectivity index (χ4v) is 2.73. The molecular weight excluding hydrogens is 407 g/mol. The molecule has 0 saturated heterocycles. The van der Waals surface area contributed by atoms with Crippen LogP contribution in [0.5, 0.6) is 0 Å². The second-order valence-electron chi connectivity index (χ2n) is 7.43. The third-order valence-electron chi connectivity index (χ3n) is 4.54. The van der Waals surface area contributed by atoms with E-state index in [1.165, 1.54) is 31.3 Å². The first kappa shape index (κ1) is 22.1. The Morgan fingerprint density at radius 2 is 1.94 bits per heavy atom. The van der Waals surface area contributed by atoms with Gasteiger partial charge in [-0.2, -0.15) is 14.8 Å². The maximum Gasteiger partial charge on any atom is 0.351 e. The minimum absolute atomic E-state index is 0.105. The molecule has 2 aromatic heterocycles. The second-order valence-corrected chi connectivity index (χ2v) is 7.43. The minimum Gasteiger partial charge on any atom is -0.356 e. The van der Waals surface area contributed by atoms with Gasteiger partial charge in [0, 0.05) is 26.4 Å². The van der Waals surface area contributed by atoms with Gasteiger partial charge in [0.15, 0.2) is 5.69 Å². The summed E-state index contributed by atoms with van der Waals surface area (Å²) in [7, 11) is 1.29. The molecule has 3 aromatic rings. The highest BCUT2D eigenvalue weighted by molar-refractivity contribution is 5.75. The zero-order valence-electron chi connectivity index (χ0n) is 17.5. The van der Waals surface area contributed by atoms with E-state index >= 15 is 0 Å². The van der Waals surface area contributed by atoms with Crippen LogP contribution in [0.15, 0.2) is 38.4 Å². The number of benzene rings is 1. The highest BCUT2D eigenvalue weighted by Crippen LogP contribution is 2.11. The molecule has 164 valence electrons. The van der Waals surface area contributed by atoms with Crippen molar-refractivity contribution in [3.05, 3.63) is 56.8 Å². The topological polar surface area (TPSA) is 125 Å². The van der Waals surface area contributed by atoms with Crippen LogP contribution in [0.2, 0.25) is 0 Å². The lowest BCUT2D eigenvalue weighted by atomic mass is 10.1. The maximum atomic E-state index is 13.2. The van der Waals surface area contributed by atoms with Crippen molar-refractivity contribution in [2.45, 2.75) is 33.1 Å². The molecule has 0 fully saturated rings. The van der Waals surface area contributed by atoms with E-state index < -0.39 is 17.1 Å². The maximum absolute atomic E-state index is 13.2. The Hall–Kier alpha value is -3.63. The number of aryl methyl sites for hydroxylation is 1. The van der Waals surface area contributed by atoms with E-state index in [-0.39, 0.29) is 41.8 Å². The molecule has 1 amide bonds. The molecule has 0 aliphatic rings. The molecule has 10 nitrogen and oxygen atoms in total. The Morgan fingerprint density at radius 3 is 2.61 bits per heavy atom. The molecule has 0 radical (unpaired) electrons. The lowest BCUT2D eigenvalue weighted by Crippen LogP contribution is -2.40. The number of rotatable bonds is 8. The number of carbonyl (C=O) groups excluding carboxylic acids is 1. The molecule has 0 bridgehead atoms. The van der Waals surface area contributed by atoms with Gasteiger partial charge in [-0.25, -0.2) is 9.18 Å². The van der Waals surface area contributed by atoms with Crippen molar-refractivity contribution in [2.24, 2.45) is 13.0 Å². The second kappa shape index (κ2) is 9.45. The van der Waals surface area contributed by atoms with Crippen LogP contribution in [0.1, 0.15) is 32.6 Å². The molecule has 0 unspecified atom stereocenters. The number of aromatic nitrogens is 5. The number of hydrogen-bond acceptors (Lipinski definition) is 7. The monoisotopic (exact) mass is 430 g/mol. The van der Waals surface area contributed by atoms with Crippen molar-refractivity contribution >= 4 is 5.91 Å². The van der Waals surface area contributed by atoms with Crippen LogP contribution in [0, 0.1) is 11.7 Å². The summed E-state index contributed by atoms with van der Waals surface area (Å²) in [5, 5.41) is 10.6. The third-order valence-corrected chi connectivity index (χ3v) is 4.54. The van der Waals surface area contributed by atoms with Gasteiger partial charge in [-0.05, 0) is 36.6 Å². The number of carbonyl (C=O) groups is 1. The summed E-state index contributed by atoms with van der Waals surface area (Å²) in [6, 6.07) is 5.06. The molecule has 0 saturated carbocycles. The standard InChI is InChI=1S/C20H23FN6O4/c1-12(2)10-11-22-15(28)8-9-16-23-18(25-31-16)17-19(29)26(3)20(30)27(24-17)14-6-4-13(21)5-7-14/h4-7,12H,8-11H2,1-3H3,(H,22,28). The van der Waals surface area contributed by atoms with Gasteiger partial charge in [0.2, 0.25) is 17.6 Å². The molecule has 3 rings (SSSR count). The number of nitrogens with one attached hydrogen (secondary N) is 1. The van der Waals surface area contributed by atoms with Crippen molar-refractivity contribution in [1.29, 1.82) is 0 Å². The molecule has 11 heteroatoms. The van der Waals surface area contributed by atoms with Crippen LogP contribution in [0.3, 0.4) is 0 Å². The number of nitrogens with zero attached hydrogens (tertiary/aromatic N) is 5. The predicted molar refractivity (Wildman–Crippen MR) is 109 cm³/mol. The number of hydrogen-bond donors (Lipinski definition) is 1. The summed E-state index contributed by atoms with van der Waals surface area (Å²) in [4.78, 5) is 41.0. The molecule has 0 aliphatic heterocycles. The quantitative estimate of drug-likeness (QED) is 0.569. The summed E-state index contributed by atoms with van der Waals surface area (Å²) in [5.74, 6) is -0.0617. The van der Waals surface area contributed by atoms with Gasteiger partial charge in [-0.3, -0.25) is 14.2 Å². The first-order valence-corrected chi connectivity index (χ1v) is 9.82. The lowest BCUT2D eigenvalue weighted by molar-refractivity contribution is -0.121. The summed E-state index contributed by atoms with van der Waals surface area (Å²) in [5.41, 5.74) is -1.35. The van der Waals surface area contributed by atoms with Gasteiger partial charge in [0.05, 0.1) is 5.69 Å². The largest absolute Gasteiger partial charge is 0.356 e. The normalized spacial score (nSPS) is 11.1. The zero-order valence-corrected chi connectivity index (χ0v) is 17.5. The molecule has 2 heterocycles. The number of amides is 1. The molecule has 0 aliphatic carbocycles. The molecule has 0 atom stereocenters. The Kier molecular flexibility index (Phi) is 6.73. The highest BCUT2D eigenvalue weighted by atomic mass is 19.1. The third kappa shape index (κ3) is 5.30. The first-order valence-electron chi connectivity index (χ1n) is 9.82. The Bertz CT molecular complexity index is 1180. The van der Waals surface area contributed by atoms with Crippen LogP contribution in [-0.2, 0) is 18.3 Å². The molecular formula is C20H23FN6O4. The van der Waals surface area contributed by atoms with Crippen molar-refractivity contribution in [3.63, 3.8) is 0 Å². The van der Waals surface area contributed by atoms with Crippen molar-refractivity contribution in [2.75, 3.05) is 6.54 Å². The van der Waals surface area contributed by atoms with Crippen molar-refractivity contribution in [3.8, 4) is 17.2 Å². The molecule has 1 N–H and O–H groups in total. The summed E-state index contributed by atoms with van der Waals surface area (Å²) < 4.78 is 20.1. The van der Waals surface area contributed by atoms with Gasteiger partial charge in [0.25, 0.3) is 5.56 Å². The predicted octanol–water partition coefficient (Wildman–Crippen LogP) is 1.22. The minimum atomic E-state index is -0.706. The fourth-order valence-electron chi connectivity index (χ4n) is 2.73. The van der Waals surface area contributed by atoms with Crippen LogP contribution in [0.25, 0.3) is 17.2 Å². The van der Waals surface area contributed by atoms with Crippen LogP contribution >= 0.6 is 0 Å². The lowest BCUT2D eigenvalue weighted by Gasteiger charge is -2.07. The van der Waals surface area contributed by atoms with Gasteiger partial charge in [-0.15, -0.1) is 0 Å². The molecule has 31 heavy (non-hydrogen) atoms. The van der Waals surface area contributed by atoms with E-state index in [1.54, 1.807) is 0 Å². The first-order chi connectivity index (χ1) is 14.8. The smallest absolute Gasteiger partial charge is 0.351 e. The summed E-state index contributed by atoms with van der Waals surface area (Å²) in [6.07, 6.45) is 1.23. The fraction of sp³-hybridized carbons (Fsp3) is 0.400. The van der Waals surface area contributed by atoms with E-state index in [9.17, 15) is 18.8 Å². The van der Waals surface area contributed by atoms with Crippen molar-refractivity contribution in [1.82, 2.24) is 29.8 Å². The number of halogens is 1. The highest BCUT2D eigenvalue weighted by Gasteiger charge is 2.19. The van der Waals surface area contributed by atoms with Gasteiger partial charge >= 0.3 is 5.69 Å². The Morgan fingerprint density at radius 1 is 1.23 bits per heavy atom. The van der Waals surface area contributed by atoms with E-state index in [4.69, 9.17) is 4.52 Å². The molecule has 1 aromatic carbocycles. The van der Waals surface area contributed by atoms with Crippen molar-refractivity contribution < 1.29 is 13.7 Å². The SMILES string of the molecule is CC(C)CCNC(=O)CCc1nc(-c2nn(-c3ccc(F)cc3)c(=O)n(C)c2=O)no1. The average molecular weight is 430 g/mol. The molecule has 0 spiro atoms. The van der Waals surface area contributed by atoms with Gasteiger partial charge in [-0.1, -0.05) is 19.0 Å². The Balaban J connectivity index is 1.80. The van der Waals surface area contributed by atoms with Gasteiger partial charge < -0.3 is 9.84 Å². The zero-order chi connectivity index (χ0) is 22.5. The summed E-state index contributed by atoms with van der Waals surface area (Å²) in [6.45, 7) is 4.74.